The molecule has 0 unspecified atom stereocenters. The minimum Gasteiger partial charge on any atom is -0.310 e. The summed E-state index contributed by atoms with van der Waals surface area (Å²) in [6.45, 7) is 4.73. The highest BCUT2D eigenvalue weighted by Crippen LogP contribution is 2.51. The molecule has 0 N–H and O–H groups in total. The number of hydrogen-bond acceptors (Lipinski definition) is 1. The van der Waals surface area contributed by atoms with Gasteiger partial charge in [0.15, 0.2) is 0 Å². The average molecular weight is 729 g/mol. The molecule has 0 amide bonds. The van der Waals surface area contributed by atoms with Crippen LogP contribution in [0.5, 0.6) is 0 Å². The van der Waals surface area contributed by atoms with E-state index >= 15 is 0 Å². The van der Waals surface area contributed by atoms with E-state index in [2.05, 4.69) is 230 Å². The molecule has 1 aliphatic rings. The average Bonchev–Trinajstić information content (AvgIpc) is 3.72. The molecule has 11 rings (SSSR count). The summed E-state index contributed by atoms with van der Waals surface area (Å²) < 4.78 is 2.44. The van der Waals surface area contributed by atoms with Gasteiger partial charge in [-0.15, -0.1) is 0 Å². The smallest absolute Gasteiger partial charge is 0.0568 e. The first-order valence-corrected chi connectivity index (χ1v) is 19.8. The third-order valence-electron chi connectivity index (χ3n) is 12.1. The quantitative estimate of drug-likeness (QED) is 0.165. The van der Waals surface area contributed by atoms with Crippen molar-refractivity contribution in [3.8, 4) is 39.1 Å². The molecule has 2 nitrogen and oxygen atoms in total. The van der Waals surface area contributed by atoms with Gasteiger partial charge in [-0.3, -0.25) is 0 Å². The molecule has 1 aromatic heterocycles. The Kier molecular flexibility index (Phi) is 7.55. The second kappa shape index (κ2) is 13.0. The molecule has 0 fully saturated rings. The van der Waals surface area contributed by atoms with Gasteiger partial charge in [0, 0.05) is 38.9 Å². The van der Waals surface area contributed by atoms with Crippen LogP contribution >= 0.6 is 0 Å². The lowest BCUT2D eigenvalue weighted by molar-refractivity contribution is 0.660. The fraction of sp³-hybridized carbons (Fsp3) is 0.0545. The van der Waals surface area contributed by atoms with Crippen molar-refractivity contribution in [2.24, 2.45) is 0 Å². The summed E-state index contributed by atoms with van der Waals surface area (Å²) in [7, 11) is 0. The number of anilines is 3. The van der Waals surface area contributed by atoms with Crippen molar-refractivity contribution in [1.82, 2.24) is 4.57 Å². The Labute approximate surface area is 333 Å². The molecular weight excluding hydrogens is 689 g/mol. The van der Waals surface area contributed by atoms with Gasteiger partial charge in [0.05, 0.1) is 11.0 Å². The summed E-state index contributed by atoms with van der Waals surface area (Å²) in [6.07, 6.45) is 0. The summed E-state index contributed by atoms with van der Waals surface area (Å²) in [5.74, 6) is 0. The molecule has 1 heterocycles. The zero-order valence-electron chi connectivity index (χ0n) is 32.0. The van der Waals surface area contributed by atoms with Crippen molar-refractivity contribution in [3.05, 3.63) is 217 Å². The molecule has 57 heavy (non-hydrogen) atoms. The van der Waals surface area contributed by atoms with Gasteiger partial charge in [0.25, 0.3) is 0 Å². The lowest BCUT2D eigenvalue weighted by Gasteiger charge is -2.29. The maximum atomic E-state index is 2.47. The van der Waals surface area contributed by atoms with Crippen LogP contribution in [0.3, 0.4) is 0 Å². The van der Waals surface area contributed by atoms with E-state index in [1.165, 1.54) is 77.1 Å². The standard InChI is InChI=1S/C55H40N2/c1-55(2)50-26-13-11-24-46(50)47-31-30-44(35-51(47)55)56(43-29-28-38-18-9-10-19-40(38)33-43)45-34-49(41-21-15-20-39(32-41)37-16-5-3-6-17-37)54-48-25-12-14-27-52(48)57(53(54)36-45)42-22-7-4-8-23-42/h3-36H,1-2H3. The molecule has 0 aliphatic heterocycles. The summed E-state index contributed by atoms with van der Waals surface area (Å²) in [5, 5.41) is 4.92. The van der Waals surface area contributed by atoms with Crippen molar-refractivity contribution in [3.63, 3.8) is 0 Å². The fourth-order valence-corrected chi connectivity index (χ4v) is 9.38. The van der Waals surface area contributed by atoms with Crippen molar-refractivity contribution >= 4 is 49.6 Å². The van der Waals surface area contributed by atoms with Crippen LogP contribution in [0.25, 0.3) is 71.6 Å². The van der Waals surface area contributed by atoms with E-state index in [4.69, 9.17) is 0 Å². The van der Waals surface area contributed by atoms with Gasteiger partial charge in [0.1, 0.15) is 0 Å². The SMILES string of the molecule is CC1(C)c2ccccc2-c2ccc(N(c3ccc4ccccc4c3)c3cc(-c4cccc(-c5ccccc5)c4)c4c5ccccc5n(-c5ccccc5)c4c3)cc21. The number of benzene rings is 9. The molecule has 9 aromatic carbocycles. The van der Waals surface area contributed by atoms with Gasteiger partial charge in [-0.2, -0.15) is 0 Å². The van der Waals surface area contributed by atoms with Crippen molar-refractivity contribution < 1.29 is 0 Å². The minimum absolute atomic E-state index is 0.135. The van der Waals surface area contributed by atoms with Crippen LogP contribution in [0, 0.1) is 0 Å². The number of para-hydroxylation sites is 2. The molecular formula is C55H40N2. The number of hydrogen-bond donors (Lipinski definition) is 0. The van der Waals surface area contributed by atoms with Crippen molar-refractivity contribution in [2.45, 2.75) is 19.3 Å². The van der Waals surface area contributed by atoms with E-state index in [0.29, 0.717) is 0 Å². The third kappa shape index (κ3) is 5.33. The van der Waals surface area contributed by atoms with Gasteiger partial charge in [-0.1, -0.05) is 159 Å². The van der Waals surface area contributed by atoms with E-state index in [1.807, 2.05) is 0 Å². The molecule has 10 aromatic rings. The molecule has 0 spiro atoms. The summed E-state index contributed by atoms with van der Waals surface area (Å²) in [4.78, 5) is 2.47. The molecule has 2 heteroatoms. The van der Waals surface area contributed by atoms with Crippen LogP contribution in [0.4, 0.5) is 17.1 Å². The third-order valence-corrected chi connectivity index (χ3v) is 12.1. The molecule has 0 saturated carbocycles. The van der Waals surface area contributed by atoms with Crippen LogP contribution in [0.2, 0.25) is 0 Å². The monoisotopic (exact) mass is 728 g/mol. The Morgan fingerprint density at radius 3 is 1.89 bits per heavy atom. The van der Waals surface area contributed by atoms with Crippen LogP contribution in [0.1, 0.15) is 25.0 Å². The number of fused-ring (bicyclic) bond motifs is 7. The predicted octanol–water partition coefficient (Wildman–Crippen LogP) is 15.0. The maximum absolute atomic E-state index is 2.47. The Morgan fingerprint density at radius 1 is 0.386 bits per heavy atom. The zero-order chi connectivity index (χ0) is 38.1. The van der Waals surface area contributed by atoms with E-state index in [1.54, 1.807) is 0 Å². The van der Waals surface area contributed by atoms with Crippen LogP contribution < -0.4 is 4.90 Å². The van der Waals surface area contributed by atoms with Crippen LogP contribution in [-0.2, 0) is 5.41 Å². The first kappa shape index (κ1) is 33.2. The van der Waals surface area contributed by atoms with E-state index in [0.717, 1.165) is 22.7 Å². The first-order valence-electron chi connectivity index (χ1n) is 19.8. The molecule has 0 atom stereocenters. The summed E-state index contributed by atoms with van der Waals surface area (Å²) in [5.41, 5.74) is 16.9. The van der Waals surface area contributed by atoms with Crippen molar-refractivity contribution in [2.75, 3.05) is 4.90 Å². The maximum Gasteiger partial charge on any atom is 0.0568 e. The Morgan fingerprint density at radius 2 is 1.04 bits per heavy atom. The second-order valence-corrected chi connectivity index (χ2v) is 15.8. The minimum atomic E-state index is -0.135. The fourth-order valence-electron chi connectivity index (χ4n) is 9.38. The topological polar surface area (TPSA) is 8.17 Å². The first-order chi connectivity index (χ1) is 28.0. The van der Waals surface area contributed by atoms with Gasteiger partial charge in [0.2, 0.25) is 0 Å². The lowest BCUT2D eigenvalue weighted by Crippen LogP contribution is -2.16. The summed E-state index contributed by atoms with van der Waals surface area (Å²) >= 11 is 0. The zero-order valence-corrected chi connectivity index (χ0v) is 32.0. The Bertz CT molecular complexity index is 3150. The molecule has 1 aliphatic carbocycles. The van der Waals surface area contributed by atoms with Gasteiger partial charge in [-0.05, 0) is 116 Å². The van der Waals surface area contributed by atoms with E-state index in [9.17, 15) is 0 Å². The van der Waals surface area contributed by atoms with Gasteiger partial charge in [-0.25, -0.2) is 0 Å². The van der Waals surface area contributed by atoms with Gasteiger partial charge < -0.3 is 9.47 Å². The molecule has 0 radical (unpaired) electrons. The van der Waals surface area contributed by atoms with Crippen LogP contribution in [-0.4, -0.2) is 4.57 Å². The lowest BCUT2D eigenvalue weighted by atomic mass is 9.82. The Balaban J connectivity index is 1.23. The second-order valence-electron chi connectivity index (χ2n) is 15.8. The highest BCUT2D eigenvalue weighted by Gasteiger charge is 2.36. The highest BCUT2D eigenvalue weighted by atomic mass is 15.1. The summed E-state index contributed by atoms with van der Waals surface area (Å²) in [6, 6.07) is 75.8. The van der Waals surface area contributed by atoms with Crippen LogP contribution in [0.15, 0.2) is 206 Å². The largest absolute Gasteiger partial charge is 0.310 e. The van der Waals surface area contributed by atoms with E-state index in [-0.39, 0.29) is 5.41 Å². The number of rotatable bonds is 6. The van der Waals surface area contributed by atoms with Gasteiger partial charge >= 0.3 is 0 Å². The van der Waals surface area contributed by atoms with Crippen molar-refractivity contribution in [1.29, 1.82) is 0 Å². The number of aromatic nitrogens is 1. The highest BCUT2D eigenvalue weighted by molar-refractivity contribution is 6.17. The number of nitrogens with zero attached hydrogens (tertiary/aromatic N) is 2. The molecule has 270 valence electrons. The normalized spacial score (nSPS) is 12.9. The predicted molar refractivity (Wildman–Crippen MR) is 241 cm³/mol. The Hall–Kier alpha value is -7.16. The molecule has 0 saturated heterocycles. The molecule has 0 bridgehead atoms. The van der Waals surface area contributed by atoms with E-state index < -0.39 is 0 Å².